The predicted molar refractivity (Wildman–Crippen MR) is 93.9 cm³/mol. The number of carbonyl (C=O) groups excluding carboxylic acids is 1. The number of fused-ring (bicyclic) bond motifs is 3. The number of aromatic nitrogens is 3. The van der Waals surface area contributed by atoms with Gasteiger partial charge in [-0.1, -0.05) is 6.42 Å². The molecule has 0 N–H and O–H groups in total. The van der Waals surface area contributed by atoms with Gasteiger partial charge in [0.15, 0.2) is 6.61 Å². The molecule has 0 radical (unpaired) electrons. The minimum Gasteiger partial charge on any atom is -0.469 e. The van der Waals surface area contributed by atoms with Crippen LogP contribution in [0.15, 0.2) is 24.7 Å². The first-order valence-corrected chi connectivity index (χ1v) is 9.08. The minimum absolute atomic E-state index is 0.00537. The zero-order chi connectivity index (χ0) is 16.5. The predicted octanol–water partition coefficient (Wildman–Crippen LogP) is 3.56. The molecule has 0 fully saturated rings. The molecular formula is C18H19N3O2S. The van der Waals surface area contributed by atoms with E-state index in [-0.39, 0.29) is 12.4 Å². The number of thiophene rings is 1. The molecule has 3 aromatic rings. The van der Waals surface area contributed by atoms with E-state index < -0.39 is 0 Å². The quantitative estimate of drug-likeness (QED) is 0.538. The third-order valence-electron chi connectivity index (χ3n) is 4.54. The van der Waals surface area contributed by atoms with E-state index in [9.17, 15) is 4.79 Å². The van der Waals surface area contributed by atoms with Gasteiger partial charge in [-0.25, -0.2) is 9.97 Å². The fourth-order valence-corrected chi connectivity index (χ4v) is 4.53. The summed E-state index contributed by atoms with van der Waals surface area (Å²) in [7, 11) is 1.86. The van der Waals surface area contributed by atoms with Crippen LogP contribution in [-0.4, -0.2) is 26.9 Å². The van der Waals surface area contributed by atoms with Crippen LogP contribution in [0.25, 0.3) is 10.2 Å². The van der Waals surface area contributed by atoms with Crippen LogP contribution in [0.3, 0.4) is 0 Å². The number of ketones is 1. The van der Waals surface area contributed by atoms with Gasteiger partial charge in [-0.15, -0.1) is 11.3 Å². The smallest absolute Gasteiger partial charge is 0.226 e. The van der Waals surface area contributed by atoms with Crippen molar-refractivity contribution in [3.63, 3.8) is 0 Å². The molecule has 1 aliphatic rings. The average Bonchev–Trinajstić information content (AvgIpc) is 3.09. The molecule has 6 heteroatoms. The number of hydrogen-bond donors (Lipinski definition) is 0. The summed E-state index contributed by atoms with van der Waals surface area (Å²) in [6.07, 6.45) is 9.22. The van der Waals surface area contributed by atoms with Crippen molar-refractivity contribution >= 4 is 27.3 Å². The topological polar surface area (TPSA) is 57.0 Å². The molecule has 0 aromatic carbocycles. The summed E-state index contributed by atoms with van der Waals surface area (Å²) in [5.74, 6) is 0.498. The molecule has 3 heterocycles. The normalized spacial score (nSPS) is 14.4. The van der Waals surface area contributed by atoms with Crippen molar-refractivity contribution in [2.45, 2.75) is 32.1 Å². The third-order valence-corrected chi connectivity index (χ3v) is 5.74. The van der Waals surface area contributed by atoms with Gasteiger partial charge in [0, 0.05) is 18.1 Å². The van der Waals surface area contributed by atoms with Crippen molar-refractivity contribution < 1.29 is 9.53 Å². The Morgan fingerprint density at radius 3 is 3.00 bits per heavy atom. The fraction of sp³-hybridized carbons (Fsp3) is 0.389. The maximum Gasteiger partial charge on any atom is 0.226 e. The monoisotopic (exact) mass is 341 g/mol. The van der Waals surface area contributed by atoms with Crippen molar-refractivity contribution in [3.05, 3.63) is 40.8 Å². The van der Waals surface area contributed by atoms with Gasteiger partial charge in [-0.05, 0) is 43.4 Å². The van der Waals surface area contributed by atoms with E-state index in [1.165, 1.54) is 36.0 Å². The second kappa shape index (κ2) is 6.36. The van der Waals surface area contributed by atoms with Crippen LogP contribution in [0.2, 0.25) is 0 Å². The van der Waals surface area contributed by atoms with Gasteiger partial charge in [0.05, 0.1) is 11.1 Å². The zero-order valence-corrected chi connectivity index (χ0v) is 14.4. The molecule has 4 rings (SSSR count). The molecule has 0 bridgehead atoms. The number of nitrogens with zero attached hydrogens (tertiary/aromatic N) is 3. The van der Waals surface area contributed by atoms with E-state index in [2.05, 4.69) is 9.97 Å². The molecule has 0 spiro atoms. The molecule has 3 aromatic heterocycles. The fourth-order valence-electron chi connectivity index (χ4n) is 3.31. The van der Waals surface area contributed by atoms with Crippen LogP contribution in [0.5, 0.6) is 5.88 Å². The summed E-state index contributed by atoms with van der Waals surface area (Å²) in [4.78, 5) is 23.4. The Labute approximate surface area is 144 Å². The number of aryl methyl sites for hydroxylation is 3. The number of hydrogen-bond acceptors (Lipinski definition) is 5. The summed E-state index contributed by atoms with van der Waals surface area (Å²) in [5, 5.41) is 1.01. The van der Waals surface area contributed by atoms with Crippen LogP contribution < -0.4 is 4.74 Å². The van der Waals surface area contributed by atoms with Crippen molar-refractivity contribution in [2.24, 2.45) is 7.05 Å². The third kappa shape index (κ3) is 2.71. The Hall–Kier alpha value is -2.21. The van der Waals surface area contributed by atoms with Crippen molar-refractivity contribution in [1.29, 1.82) is 0 Å². The van der Waals surface area contributed by atoms with Crippen LogP contribution in [0.4, 0.5) is 0 Å². The Morgan fingerprint density at radius 1 is 1.29 bits per heavy atom. The van der Waals surface area contributed by atoms with E-state index >= 15 is 0 Å². The Balaban J connectivity index is 1.63. The highest BCUT2D eigenvalue weighted by molar-refractivity contribution is 7.18. The van der Waals surface area contributed by atoms with Gasteiger partial charge in [0.25, 0.3) is 0 Å². The highest BCUT2D eigenvalue weighted by atomic mass is 32.1. The van der Waals surface area contributed by atoms with E-state index in [4.69, 9.17) is 4.74 Å². The van der Waals surface area contributed by atoms with E-state index in [0.29, 0.717) is 11.6 Å². The first kappa shape index (κ1) is 15.3. The Kier molecular flexibility index (Phi) is 4.06. The zero-order valence-electron chi connectivity index (χ0n) is 13.6. The summed E-state index contributed by atoms with van der Waals surface area (Å²) in [6.45, 7) is -0.00537. The molecule has 5 nitrogen and oxygen atoms in total. The largest absolute Gasteiger partial charge is 0.469 e. The second-order valence-corrected chi connectivity index (χ2v) is 7.22. The summed E-state index contributed by atoms with van der Waals surface area (Å²) < 4.78 is 7.62. The number of rotatable bonds is 4. The minimum atomic E-state index is -0.0458. The van der Waals surface area contributed by atoms with Gasteiger partial charge in [-0.3, -0.25) is 4.79 Å². The summed E-state index contributed by atoms with van der Waals surface area (Å²) >= 11 is 1.74. The van der Waals surface area contributed by atoms with Gasteiger partial charge in [0.2, 0.25) is 11.7 Å². The standard InChI is InChI=1S/C18H19N3O2S/c1-21-9-5-7-13(21)14(22)10-23-17-16-12-6-3-2-4-8-15(12)24-18(16)20-11-19-17/h5,7,9,11H,2-4,6,8,10H2,1H3. The molecule has 0 aliphatic heterocycles. The first-order chi connectivity index (χ1) is 11.7. The number of ether oxygens (including phenoxy) is 1. The van der Waals surface area contributed by atoms with Gasteiger partial charge >= 0.3 is 0 Å². The lowest BCUT2D eigenvalue weighted by atomic mass is 10.1. The van der Waals surface area contributed by atoms with Crippen LogP contribution in [0.1, 0.15) is 40.2 Å². The molecule has 0 saturated carbocycles. The lowest BCUT2D eigenvalue weighted by Crippen LogP contribution is -2.15. The average molecular weight is 341 g/mol. The lowest BCUT2D eigenvalue weighted by Gasteiger charge is -2.08. The molecule has 0 saturated heterocycles. The van der Waals surface area contributed by atoms with Gasteiger partial charge < -0.3 is 9.30 Å². The highest BCUT2D eigenvalue weighted by Crippen LogP contribution is 2.38. The highest BCUT2D eigenvalue weighted by Gasteiger charge is 2.20. The van der Waals surface area contributed by atoms with Crippen molar-refractivity contribution in [2.75, 3.05) is 6.61 Å². The Morgan fingerprint density at radius 2 is 2.17 bits per heavy atom. The van der Waals surface area contributed by atoms with Crippen molar-refractivity contribution in [1.82, 2.24) is 14.5 Å². The lowest BCUT2D eigenvalue weighted by molar-refractivity contribution is 0.0911. The molecule has 124 valence electrons. The maximum atomic E-state index is 12.3. The summed E-state index contributed by atoms with van der Waals surface area (Å²) in [6, 6.07) is 3.66. The van der Waals surface area contributed by atoms with Crippen molar-refractivity contribution in [3.8, 4) is 5.88 Å². The number of Topliss-reactive ketones (excluding diaryl/α,β-unsaturated/α-hetero) is 1. The molecule has 24 heavy (non-hydrogen) atoms. The second-order valence-electron chi connectivity index (χ2n) is 6.14. The number of carbonyl (C=O) groups is 1. The maximum absolute atomic E-state index is 12.3. The van der Waals surface area contributed by atoms with Crippen LogP contribution in [0, 0.1) is 0 Å². The Bertz CT molecular complexity index is 897. The van der Waals surface area contributed by atoms with E-state index in [1.807, 2.05) is 19.3 Å². The first-order valence-electron chi connectivity index (χ1n) is 8.26. The molecular weight excluding hydrogens is 322 g/mol. The van der Waals surface area contributed by atoms with Crippen LogP contribution >= 0.6 is 11.3 Å². The van der Waals surface area contributed by atoms with Gasteiger partial charge in [-0.2, -0.15) is 0 Å². The molecule has 0 unspecified atom stereocenters. The summed E-state index contributed by atoms with van der Waals surface area (Å²) in [5.41, 5.74) is 1.97. The van der Waals surface area contributed by atoms with E-state index in [1.54, 1.807) is 22.0 Å². The molecule has 1 aliphatic carbocycles. The molecule has 0 amide bonds. The van der Waals surface area contributed by atoms with Gasteiger partial charge in [0.1, 0.15) is 11.2 Å². The SMILES string of the molecule is Cn1cccc1C(=O)COc1ncnc2sc3c(c12)CCCCC3. The molecule has 0 atom stereocenters. The van der Waals surface area contributed by atoms with E-state index in [0.717, 1.165) is 23.1 Å². The van der Waals surface area contributed by atoms with Crippen LogP contribution in [-0.2, 0) is 19.9 Å².